The van der Waals surface area contributed by atoms with Gasteiger partial charge in [0.1, 0.15) is 48.8 Å². The lowest BCUT2D eigenvalue weighted by Gasteiger charge is -2.46. The van der Waals surface area contributed by atoms with Crippen LogP contribution in [0.1, 0.15) is 284 Å². The van der Waals surface area contributed by atoms with Gasteiger partial charge >= 0.3 is 0 Å². The van der Waals surface area contributed by atoms with E-state index in [1.165, 1.54) is 173 Å². The zero-order valence-corrected chi connectivity index (χ0v) is 52.0. The van der Waals surface area contributed by atoms with Crippen LogP contribution in [-0.4, -0.2) is 140 Å². The zero-order chi connectivity index (χ0) is 59.5. The van der Waals surface area contributed by atoms with Crippen molar-refractivity contribution >= 4 is 5.91 Å². The lowest BCUT2D eigenvalue weighted by atomic mass is 9.97. The Morgan fingerprint density at radius 2 is 0.841 bits per heavy atom. The van der Waals surface area contributed by atoms with E-state index >= 15 is 0 Å². The van der Waals surface area contributed by atoms with E-state index in [-0.39, 0.29) is 12.5 Å². The maximum absolute atomic E-state index is 13.3. The Hall–Kier alpha value is -2.05. The van der Waals surface area contributed by atoms with Crippen molar-refractivity contribution in [3.8, 4) is 0 Å². The summed E-state index contributed by atoms with van der Waals surface area (Å²) in [7, 11) is 0. The van der Waals surface area contributed by atoms with E-state index in [0.717, 1.165) is 77.0 Å². The van der Waals surface area contributed by atoms with Gasteiger partial charge in [-0.2, -0.15) is 0 Å². The number of rotatable bonds is 55. The van der Waals surface area contributed by atoms with Crippen molar-refractivity contribution in [3.63, 3.8) is 0 Å². The summed E-state index contributed by atoms with van der Waals surface area (Å²) in [4.78, 5) is 13.3. The summed E-state index contributed by atoms with van der Waals surface area (Å²) in [5.74, 6) is -0.213. The topological polar surface area (TPSA) is 228 Å². The van der Waals surface area contributed by atoms with Gasteiger partial charge < -0.3 is 65.1 Å². The second kappa shape index (κ2) is 53.2. The maximum Gasteiger partial charge on any atom is 0.220 e. The fourth-order valence-electron chi connectivity index (χ4n) is 11.2. The van der Waals surface area contributed by atoms with E-state index in [4.69, 9.17) is 18.9 Å². The molecule has 0 spiro atoms. The molecule has 2 aliphatic rings. The Kier molecular flexibility index (Phi) is 49.3. The van der Waals surface area contributed by atoms with Crippen LogP contribution in [0.5, 0.6) is 0 Å². The molecule has 2 aliphatic heterocycles. The first kappa shape index (κ1) is 76.0. The first-order chi connectivity index (χ1) is 40.1. The molecule has 2 heterocycles. The second-order valence-corrected chi connectivity index (χ2v) is 23.9. The average molecular weight is 1160 g/mol. The number of ether oxygens (including phenoxy) is 4. The van der Waals surface area contributed by atoms with Gasteiger partial charge in [0, 0.05) is 6.42 Å². The number of carbonyl (C=O) groups excluding carboxylic acids is 1. The lowest BCUT2D eigenvalue weighted by molar-refractivity contribution is -0.359. The van der Waals surface area contributed by atoms with Gasteiger partial charge in [-0.15, -0.1) is 0 Å². The molecule has 14 nitrogen and oxygen atoms in total. The quantitative estimate of drug-likeness (QED) is 0.0204. The smallest absolute Gasteiger partial charge is 0.220 e. The first-order valence-electron chi connectivity index (χ1n) is 33.9. The summed E-state index contributed by atoms with van der Waals surface area (Å²) < 4.78 is 22.9. The normalized spacial score (nSPS) is 24.2. The molecule has 0 saturated carbocycles. The molecule has 0 aliphatic carbocycles. The van der Waals surface area contributed by atoms with Gasteiger partial charge in [-0.05, 0) is 51.4 Å². The number of nitrogens with one attached hydrogen (secondary N) is 1. The van der Waals surface area contributed by atoms with Crippen LogP contribution in [-0.2, 0) is 23.7 Å². The largest absolute Gasteiger partial charge is 0.394 e. The molecule has 0 bridgehead atoms. The predicted molar refractivity (Wildman–Crippen MR) is 332 cm³/mol. The molecule has 0 aromatic heterocycles. The minimum atomic E-state index is -1.79. The van der Waals surface area contributed by atoms with E-state index in [1.807, 2.05) is 0 Å². The Bertz CT molecular complexity index is 1560. The number of carbonyl (C=O) groups is 1. The molecular weight excluding hydrogens is 1040 g/mol. The van der Waals surface area contributed by atoms with Gasteiger partial charge in [0.2, 0.25) is 5.91 Å². The van der Waals surface area contributed by atoms with Crippen LogP contribution in [0, 0.1) is 0 Å². The van der Waals surface area contributed by atoms with Crippen LogP contribution in [0.15, 0.2) is 48.6 Å². The molecule has 2 fully saturated rings. The fraction of sp³-hybridized carbons (Fsp3) is 0.868. The van der Waals surface area contributed by atoms with Crippen molar-refractivity contribution in [1.82, 2.24) is 5.32 Å². The highest BCUT2D eigenvalue weighted by Gasteiger charge is 2.51. The van der Waals surface area contributed by atoms with E-state index in [1.54, 1.807) is 0 Å². The molecule has 0 radical (unpaired) electrons. The SMILES string of the molecule is CC/C=C\C/C=C\C/C=C\C/C=C\CCCCCCCCCCC(=O)NC(COC1OC(CO)C(OC2OC(CO)C(O)C(O)C2O)C(O)C1O)C(O)CCCCCCCCCCCCCCCCCCCCCCCCCCCCC. The molecule has 2 rings (SSSR count). The number of unbranched alkanes of at least 4 members (excludes halogenated alkanes) is 34. The second-order valence-electron chi connectivity index (χ2n) is 23.9. The number of amides is 1. The summed E-state index contributed by atoms with van der Waals surface area (Å²) in [5, 5.41) is 87.5. The van der Waals surface area contributed by atoms with Crippen LogP contribution in [0.4, 0.5) is 0 Å². The molecule has 82 heavy (non-hydrogen) atoms. The van der Waals surface area contributed by atoms with Gasteiger partial charge in [0.25, 0.3) is 0 Å². The van der Waals surface area contributed by atoms with Gasteiger partial charge in [-0.3, -0.25) is 4.79 Å². The van der Waals surface area contributed by atoms with E-state index in [0.29, 0.717) is 19.3 Å². The third-order valence-corrected chi connectivity index (χ3v) is 16.6. The highest BCUT2D eigenvalue weighted by molar-refractivity contribution is 5.76. The van der Waals surface area contributed by atoms with Gasteiger partial charge in [0.15, 0.2) is 12.6 Å². The molecule has 480 valence electrons. The Labute approximate surface area is 499 Å². The highest BCUT2D eigenvalue weighted by Crippen LogP contribution is 2.30. The molecule has 12 atom stereocenters. The lowest BCUT2D eigenvalue weighted by Crippen LogP contribution is -2.65. The van der Waals surface area contributed by atoms with E-state index in [9.17, 15) is 45.6 Å². The van der Waals surface area contributed by atoms with E-state index in [2.05, 4.69) is 67.8 Å². The first-order valence-corrected chi connectivity index (χ1v) is 33.9. The van der Waals surface area contributed by atoms with Crippen LogP contribution in [0.2, 0.25) is 0 Å². The summed E-state index contributed by atoms with van der Waals surface area (Å²) in [6, 6.07) is -0.836. The molecule has 2 saturated heterocycles. The molecule has 0 aromatic rings. The fourth-order valence-corrected chi connectivity index (χ4v) is 11.2. The predicted octanol–water partition coefficient (Wildman–Crippen LogP) is 13.1. The Balaban J connectivity index is 1.69. The molecule has 1 amide bonds. The maximum atomic E-state index is 13.3. The van der Waals surface area contributed by atoms with Crippen molar-refractivity contribution in [3.05, 3.63) is 48.6 Å². The average Bonchev–Trinajstić information content (AvgIpc) is 3.66. The van der Waals surface area contributed by atoms with E-state index < -0.39 is 86.8 Å². The minimum absolute atomic E-state index is 0.213. The van der Waals surface area contributed by atoms with Crippen LogP contribution in [0.3, 0.4) is 0 Å². The number of aliphatic hydroxyl groups excluding tert-OH is 8. The number of hydrogen-bond acceptors (Lipinski definition) is 13. The van der Waals surface area contributed by atoms with Crippen molar-refractivity contribution in [2.75, 3.05) is 19.8 Å². The van der Waals surface area contributed by atoms with Crippen molar-refractivity contribution in [1.29, 1.82) is 0 Å². The van der Waals surface area contributed by atoms with Gasteiger partial charge in [-0.25, -0.2) is 0 Å². The van der Waals surface area contributed by atoms with Crippen LogP contribution in [0.25, 0.3) is 0 Å². The summed E-state index contributed by atoms with van der Waals surface area (Å²) in [5.41, 5.74) is 0. The zero-order valence-electron chi connectivity index (χ0n) is 52.0. The Morgan fingerprint density at radius 1 is 0.451 bits per heavy atom. The Morgan fingerprint density at radius 3 is 1.29 bits per heavy atom. The molecule has 12 unspecified atom stereocenters. The monoisotopic (exact) mass is 1160 g/mol. The van der Waals surface area contributed by atoms with Crippen LogP contribution < -0.4 is 5.32 Å². The number of allylic oxidation sites excluding steroid dienone is 8. The van der Waals surface area contributed by atoms with Crippen molar-refractivity contribution < 1.29 is 64.6 Å². The van der Waals surface area contributed by atoms with Gasteiger partial charge in [-0.1, -0.05) is 274 Å². The van der Waals surface area contributed by atoms with Crippen molar-refractivity contribution in [2.45, 2.75) is 357 Å². The third kappa shape index (κ3) is 37.5. The van der Waals surface area contributed by atoms with Crippen molar-refractivity contribution in [2.24, 2.45) is 0 Å². The number of aliphatic hydroxyl groups is 8. The molecule has 9 N–H and O–H groups in total. The third-order valence-electron chi connectivity index (χ3n) is 16.6. The van der Waals surface area contributed by atoms with Gasteiger partial charge in [0.05, 0.1) is 32.0 Å². The minimum Gasteiger partial charge on any atom is -0.394 e. The van der Waals surface area contributed by atoms with Crippen LogP contribution >= 0.6 is 0 Å². The molecule has 0 aromatic carbocycles. The standard InChI is InChI=1S/C68H125NO13/c1-3-5-7-9-11-13-15-17-19-21-23-25-26-27-28-29-30-32-33-35-37-39-41-43-45-47-49-51-57(72)56(55-79-67-65(78)63(76)66(59(54-71)81-67)82-68-64(77)62(75)61(74)58(53-70)80-68)69-60(73)52-50-48-46-44-42-40-38-36-34-31-24-22-20-18-16-14-12-10-8-6-4-2/h6,8,12,14,18,20,24,31,56-59,61-68,70-72,74-78H,3-5,7,9-11,13,15-17,19,21-23,25-30,32-55H2,1-2H3,(H,69,73)/b8-6-,14-12-,20-18-,31-24-. The molecule has 14 heteroatoms. The summed E-state index contributed by atoms with van der Waals surface area (Å²) in [6.45, 7) is 2.78. The number of hydrogen-bond donors (Lipinski definition) is 9. The highest BCUT2D eigenvalue weighted by atomic mass is 16.7. The summed E-state index contributed by atoms with van der Waals surface area (Å²) >= 11 is 0. The summed E-state index contributed by atoms with van der Waals surface area (Å²) in [6.07, 6.45) is 51.2. The molecular formula is C68H125NO13.